The Labute approximate surface area is 208 Å². The Balaban J connectivity index is 1.46. The average molecular weight is 517 g/mol. The molecule has 3 heterocycles. The third-order valence-electron chi connectivity index (χ3n) is 8.27. The number of thiazole rings is 1. The molecule has 35 heavy (non-hydrogen) atoms. The number of hydrogen-bond acceptors (Lipinski definition) is 8. The molecule has 2 aliphatic carbocycles. The monoisotopic (exact) mass is 516 g/mol. The number of methoxy groups -OCH3 is 2. The van der Waals surface area contributed by atoms with Gasteiger partial charge in [0.05, 0.1) is 31.1 Å². The Kier molecular flexibility index (Phi) is 5.09. The summed E-state index contributed by atoms with van der Waals surface area (Å²) in [5, 5.41) is 10.3. The number of ether oxygens (including phenoxy) is 2. The van der Waals surface area contributed by atoms with Gasteiger partial charge in [0.15, 0.2) is 11.5 Å². The molecule has 11 heteroatoms. The molecule has 6 rings (SSSR count). The van der Waals surface area contributed by atoms with Crippen LogP contribution < -0.4 is 14.3 Å². The highest BCUT2D eigenvalue weighted by Crippen LogP contribution is 2.68. The molecule has 1 saturated heterocycles. The minimum Gasteiger partial charge on any atom is -0.493 e. The fourth-order valence-electron chi connectivity index (χ4n) is 6.95. The molecule has 9 nitrogen and oxygen atoms in total. The molecular weight excluding hydrogens is 492 g/mol. The van der Waals surface area contributed by atoms with Gasteiger partial charge >= 0.3 is 10.8 Å². The van der Waals surface area contributed by atoms with Gasteiger partial charge < -0.3 is 19.6 Å². The molecule has 2 aromatic rings. The van der Waals surface area contributed by atoms with E-state index in [-0.39, 0.29) is 45.6 Å². The van der Waals surface area contributed by atoms with Crippen molar-refractivity contribution in [3.05, 3.63) is 38.3 Å². The average Bonchev–Trinajstić information content (AvgIpc) is 3.56. The van der Waals surface area contributed by atoms with Crippen molar-refractivity contribution in [3.8, 4) is 11.5 Å². The van der Waals surface area contributed by atoms with E-state index in [1.54, 1.807) is 26.0 Å². The summed E-state index contributed by atoms with van der Waals surface area (Å²) in [4.78, 5) is 55.5. The van der Waals surface area contributed by atoms with E-state index in [2.05, 4.69) is 4.98 Å². The molecule has 2 amide bonds. The predicted octanol–water partition coefficient (Wildman–Crippen LogP) is 2.40. The number of thioether (sulfide) groups is 1. The minimum atomic E-state index is -1.19. The zero-order valence-electron chi connectivity index (χ0n) is 19.2. The van der Waals surface area contributed by atoms with Crippen molar-refractivity contribution in [2.75, 3.05) is 14.2 Å². The molecule has 0 spiro atoms. The quantitative estimate of drug-likeness (QED) is 0.581. The molecule has 2 aliphatic heterocycles. The molecule has 0 radical (unpaired) electrons. The number of aromatic amines is 1. The van der Waals surface area contributed by atoms with Gasteiger partial charge in [-0.3, -0.25) is 19.3 Å². The summed E-state index contributed by atoms with van der Waals surface area (Å²) in [6.07, 6.45) is 0.743. The number of carbonyl (C=O) groups is 3. The van der Waals surface area contributed by atoms with Gasteiger partial charge in [-0.15, -0.1) is 11.8 Å². The number of carboxylic acids is 1. The van der Waals surface area contributed by atoms with E-state index in [0.717, 1.165) is 26.8 Å². The smallest absolute Gasteiger partial charge is 0.326 e. The molecular formula is C24H24N2O7S2. The van der Waals surface area contributed by atoms with Crippen LogP contribution in [0.4, 0.5) is 0 Å². The van der Waals surface area contributed by atoms with Gasteiger partial charge in [-0.25, -0.2) is 4.79 Å². The molecule has 7 unspecified atom stereocenters. The molecule has 2 N–H and O–H groups in total. The second-order valence-corrected chi connectivity index (χ2v) is 11.8. The Morgan fingerprint density at radius 3 is 2.46 bits per heavy atom. The van der Waals surface area contributed by atoms with Crippen LogP contribution in [0.1, 0.15) is 29.7 Å². The number of likely N-dealkylation sites (tertiary alicyclic amines) is 1. The minimum absolute atomic E-state index is 0.0279. The number of carboxylic acid groups (broad SMARTS) is 1. The summed E-state index contributed by atoms with van der Waals surface area (Å²) in [6.45, 7) is 1.39. The number of nitrogens with zero attached hydrogens (tertiary/aromatic N) is 1. The predicted molar refractivity (Wildman–Crippen MR) is 127 cm³/mol. The second kappa shape index (κ2) is 7.86. The Morgan fingerprint density at radius 2 is 1.80 bits per heavy atom. The summed E-state index contributed by atoms with van der Waals surface area (Å²) in [5.41, 5.74) is 0.964. The van der Waals surface area contributed by atoms with Crippen LogP contribution >= 0.6 is 23.1 Å². The van der Waals surface area contributed by atoms with Crippen molar-refractivity contribution >= 4 is 40.9 Å². The summed E-state index contributed by atoms with van der Waals surface area (Å²) < 4.78 is 10.9. The van der Waals surface area contributed by atoms with Gasteiger partial charge in [0, 0.05) is 16.0 Å². The highest BCUT2D eigenvalue weighted by atomic mass is 32.2. The lowest BCUT2D eigenvalue weighted by atomic mass is 9.68. The van der Waals surface area contributed by atoms with Crippen LogP contribution in [0.2, 0.25) is 0 Å². The van der Waals surface area contributed by atoms with Crippen molar-refractivity contribution in [3.63, 3.8) is 0 Å². The number of hydrogen-bond donors (Lipinski definition) is 2. The number of aromatic nitrogens is 1. The van der Waals surface area contributed by atoms with Crippen LogP contribution in [0.3, 0.4) is 0 Å². The van der Waals surface area contributed by atoms with E-state index in [1.807, 2.05) is 18.2 Å². The summed E-state index contributed by atoms with van der Waals surface area (Å²) in [7, 11) is 3.15. The normalized spacial score (nSPS) is 33.3. The molecule has 8 atom stereocenters. The van der Waals surface area contributed by atoms with Crippen molar-refractivity contribution in [2.24, 2.45) is 29.6 Å². The molecule has 2 saturated carbocycles. The summed E-state index contributed by atoms with van der Waals surface area (Å²) in [5.74, 6) is -2.01. The largest absolute Gasteiger partial charge is 0.493 e. The number of rotatable bonds is 5. The molecule has 2 bridgehead atoms. The van der Waals surface area contributed by atoms with Gasteiger partial charge in [0.25, 0.3) is 0 Å². The van der Waals surface area contributed by atoms with E-state index >= 15 is 0 Å². The number of amides is 2. The zero-order valence-corrected chi connectivity index (χ0v) is 20.9. The maximum atomic E-state index is 13.4. The van der Waals surface area contributed by atoms with Crippen LogP contribution in [0.25, 0.3) is 0 Å². The third kappa shape index (κ3) is 3.00. The van der Waals surface area contributed by atoms with Gasteiger partial charge in [0.1, 0.15) is 6.04 Å². The van der Waals surface area contributed by atoms with Crippen LogP contribution in [0.15, 0.2) is 28.0 Å². The first-order chi connectivity index (χ1) is 16.8. The fourth-order valence-corrected chi connectivity index (χ4v) is 9.84. The van der Waals surface area contributed by atoms with Crippen LogP contribution in [0.5, 0.6) is 11.5 Å². The highest BCUT2D eigenvalue weighted by molar-refractivity contribution is 8.00. The van der Waals surface area contributed by atoms with E-state index in [4.69, 9.17) is 9.47 Å². The summed E-state index contributed by atoms with van der Waals surface area (Å²) >= 11 is 2.78. The molecule has 4 aliphatic rings. The van der Waals surface area contributed by atoms with E-state index in [9.17, 15) is 24.3 Å². The van der Waals surface area contributed by atoms with Crippen LogP contribution in [0, 0.1) is 29.6 Å². The standard InChI is InChI=1S/C24H24N2O7S2/c1-8(23(29)30)26-21(27)16-10-7-11(17(16)22(26)28)18-15(10)14(19-20(34-18)25-24(31)35-19)9-4-5-12(32-2)13(6-9)33-3/h4-6,8,10-11,14-18H,7H2,1-3H3,(H,25,31)(H,29,30)/t8?,10?,11?,14-,15?,16?,17?,18?/m1/s1. The van der Waals surface area contributed by atoms with E-state index in [1.165, 1.54) is 18.3 Å². The van der Waals surface area contributed by atoms with Gasteiger partial charge in [-0.1, -0.05) is 17.4 Å². The van der Waals surface area contributed by atoms with Gasteiger partial charge in [0.2, 0.25) is 11.8 Å². The number of aliphatic carboxylic acids is 1. The molecule has 184 valence electrons. The first kappa shape index (κ1) is 22.7. The number of fused-ring (bicyclic) bond motifs is 9. The topological polar surface area (TPSA) is 126 Å². The van der Waals surface area contributed by atoms with E-state index < -0.39 is 23.8 Å². The lowest BCUT2D eigenvalue weighted by Gasteiger charge is -2.43. The Morgan fingerprint density at radius 1 is 1.11 bits per heavy atom. The maximum Gasteiger partial charge on any atom is 0.326 e. The lowest BCUT2D eigenvalue weighted by molar-refractivity contribution is -0.154. The van der Waals surface area contributed by atoms with Gasteiger partial charge in [-0.05, 0) is 48.8 Å². The van der Waals surface area contributed by atoms with Crippen molar-refractivity contribution in [1.82, 2.24) is 9.88 Å². The highest BCUT2D eigenvalue weighted by Gasteiger charge is 2.70. The lowest BCUT2D eigenvalue weighted by Crippen LogP contribution is -2.44. The maximum absolute atomic E-state index is 13.4. The molecule has 3 fully saturated rings. The SMILES string of the molecule is COc1ccc([C@H]2c3sc(=O)[nH]c3SC3C4CC(C5C(=O)N(C(C)C(=O)O)C(=O)C45)C32)cc1OC. The number of H-pyrrole nitrogens is 1. The number of benzene rings is 1. The Bertz CT molecular complexity index is 1320. The number of carbonyl (C=O) groups excluding carboxylic acids is 2. The molecule has 1 aromatic carbocycles. The third-order valence-corrected chi connectivity index (χ3v) is 10.9. The van der Waals surface area contributed by atoms with Crippen molar-refractivity contribution < 1.29 is 29.0 Å². The van der Waals surface area contributed by atoms with Crippen LogP contribution in [-0.4, -0.2) is 58.3 Å². The number of imide groups is 1. The summed E-state index contributed by atoms with van der Waals surface area (Å²) in [6, 6.07) is 4.55. The van der Waals surface area contributed by atoms with Crippen molar-refractivity contribution in [1.29, 1.82) is 0 Å². The van der Waals surface area contributed by atoms with Gasteiger partial charge in [-0.2, -0.15) is 0 Å². The Hall–Kier alpha value is -2.79. The second-order valence-electron chi connectivity index (χ2n) is 9.64. The van der Waals surface area contributed by atoms with Crippen LogP contribution in [-0.2, 0) is 14.4 Å². The first-order valence-electron chi connectivity index (χ1n) is 11.5. The molecule has 1 aromatic heterocycles. The van der Waals surface area contributed by atoms with E-state index in [0.29, 0.717) is 11.5 Å². The zero-order chi connectivity index (χ0) is 24.8. The number of nitrogens with one attached hydrogen (secondary N) is 1. The van der Waals surface area contributed by atoms with Crippen molar-refractivity contribution in [2.45, 2.75) is 35.6 Å². The fraction of sp³-hybridized carbons (Fsp3) is 0.500. The first-order valence-corrected chi connectivity index (χ1v) is 13.2.